The quantitative estimate of drug-likeness (QED) is 0.759. The first-order valence-electron chi connectivity index (χ1n) is 8.02. The molecule has 0 bridgehead atoms. The van der Waals surface area contributed by atoms with Crippen molar-refractivity contribution in [3.05, 3.63) is 71.2 Å². The Hall–Kier alpha value is -3.21. The zero-order valence-electron chi connectivity index (χ0n) is 14.5. The summed E-state index contributed by atoms with van der Waals surface area (Å²) in [5.74, 6) is 0.347. The molecular weight excluding hydrogens is 312 g/mol. The van der Waals surface area contributed by atoms with Crippen LogP contribution in [0.15, 0.2) is 48.8 Å². The molecule has 1 aromatic carbocycles. The Balaban J connectivity index is 1.89. The second-order valence-electron chi connectivity index (χ2n) is 5.97. The first-order valence-corrected chi connectivity index (χ1v) is 8.02. The lowest BCUT2D eigenvalue weighted by atomic mass is 9.94. The van der Waals surface area contributed by atoms with Gasteiger partial charge in [0.15, 0.2) is 0 Å². The van der Waals surface area contributed by atoms with Crippen molar-refractivity contribution in [2.75, 3.05) is 5.32 Å². The van der Waals surface area contributed by atoms with Gasteiger partial charge in [-0.1, -0.05) is 6.07 Å². The Bertz CT molecular complexity index is 933. The number of amides is 1. The van der Waals surface area contributed by atoms with Crippen molar-refractivity contribution in [3.63, 3.8) is 0 Å². The van der Waals surface area contributed by atoms with Crippen LogP contribution in [0.1, 0.15) is 27.2 Å². The fourth-order valence-electron chi connectivity index (χ4n) is 2.78. The SMILES string of the molecule is Cc1ncccc1Nc1ccc(-c2ccc(C(N)=O)c(C)c2C)cn1. The third-order valence-electron chi connectivity index (χ3n) is 4.40. The number of pyridine rings is 2. The number of nitrogens with zero attached hydrogens (tertiary/aromatic N) is 2. The van der Waals surface area contributed by atoms with Gasteiger partial charge in [0.1, 0.15) is 5.82 Å². The lowest BCUT2D eigenvalue weighted by Gasteiger charge is -2.13. The summed E-state index contributed by atoms with van der Waals surface area (Å²) in [5, 5.41) is 3.27. The average molecular weight is 332 g/mol. The number of anilines is 2. The van der Waals surface area contributed by atoms with Gasteiger partial charge in [-0.05, 0) is 67.8 Å². The molecule has 0 radical (unpaired) electrons. The molecule has 0 aliphatic carbocycles. The summed E-state index contributed by atoms with van der Waals surface area (Å²) in [6, 6.07) is 11.5. The molecule has 1 amide bonds. The molecule has 2 aromatic heterocycles. The molecule has 3 aromatic rings. The molecule has 3 rings (SSSR count). The minimum atomic E-state index is -0.406. The molecule has 2 heterocycles. The smallest absolute Gasteiger partial charge is 0.248 e. The molecule has 25 heavy (non-hydrogen) atoms. The van der Waals surface area contributed by atoms with E-state index in [2.05, 4.69) is 15.3 Å². The minimum absolute atomic E-state index is 0.406. The summed E-state index contributed by atoms with van der Waals surface area (Å²) in [6.07, 6.45) is 3.58. The number of nitrogens with one attached hydrogen (secondary N) is 1. The van der Waals surface area contributed by atoms with Crippen molar-refractivity contribution < 1.29 is 4.79 Å². The van der Waals surface area contributed by atoms with Crippen molar-refractivity contribution in [1.82, 2.24) is 9.97 Å². The zero-order valence-corrected chi connectivity index (χ0v) is 14.5. The van der Waals surface area contributed by atoms with Crippen LogP contribution >= 0.6 is 0 Å². The summed E-state index contributed by atoms with van der Waals surface area (Å²) >= 11 is 0. The lowest BCUT2D eigenvalue weighted by molar-refractivity contribution is 0.0999. The van der Waals surface area contributed by atoms with Crippen LogP contribution in [0.3, 0.4) is 0 Å². The Kier molecular flexibility index (Phi) is 4.48. The molecule has 0 saturated heterocycles. The van der Waals surface area contributed by atoms with Crippen molar-refractivity contribution >= 4 is 17.4 Å². The van der Waals surface area contributed by atoms with E-state index in [4.69, 9.17) is 5.73 Å². The average Bonchev–Trinajstić information content (AvgIpc) is 2.60. The number of carbonyl (C=O) groups is 1. The van der Waals surface area contributed by atoms with Crippen LogP contribution in [-0.2, 0) is 0 Å². The number of benzene rings is 1. The second kappa shape index (κ2) is 6.73. The maximum Gasteiger partial charge on any atom is 0.248 e. The number of hydrogen-bond acceptors (Lipinski definition) is 4. The Labute approximate surface area is 146 Å². The van der Waals surface area contributed by atoms with Gasteiger partial charge in [-0.25, -0.2) is 4.98 Å². The van der Waals surface area contributed by atoms with E-state index in [1.54, 1.807) is 12.3 Å². The fraction of sp³-hybridized carbons (Fsp3) is 0.150. The molecule has 5 heteroatoms. The molecule has 0 aliphatic heterocycles. The molecule has 0 unspecified atom stereocenters. The van der Waals surface area contributed by atoms with Crippen LogP contribution in [0.4, 0.5) is 11.5 Å². The molecule has 0 atom stereocenters. The molecule has 0 spiro atoms. The maximum absolute atomic E-state index is 11.5. The van der Waals surface area contributed by atoms with Gasteiger partial charge in [0.05, 0.1) is 11.4 Å². The highest BCUT2D eigenvalue weighted by atomic mass is 16.1. The second-order valence-corrected chi connectivity index (χ2v) is 5.97. The number of rotatable bonds is 4. The largest absolute Gasteiger partial charge is 0.366 e. The first-order chi connectivity index (χ1) is 12.0. The highest BCUT2D eigenvalue weighted by Crippen LogP contribution is 2.28. The molecule has 0 aliphatic rings. The van der Waals surface area contributed by atoms with Gasteiger partial charge in [-0.2, -0.15) is 0 Å². The summed E-state index contributed by atoms with van der Waals surface area (Å²) in [6.45, 7) is 5.85. The topological polar surface area (TPSA) is 80.9 Å². The summed E-state index contributed by atoms with van der Waals surface area (Å²) in [7, 11) is 0. The van der Waals surface area contributed by atoms with Crippen molar-refractivity contribution in [1.29, 1.82) is 0 Å². The number of carbonyl (C=O) groups excluding carboxylic acids is 1. The van der Waals surface area contributed by atoms with Gasteiger partial charge < -0.3 is 11.1 Å². The molecule has 126 valence electrons. The van der Waals surface area contributed by atoms with Gasteiger partial charge in [0, 0.05) is 23.5 Å². The summed E-state index contributed by atoms with van der Waals surface area (Å²) < 4.78 is 0. The van der Waals surface area contributed by atoms with E-state index in [-0.39, 0.29) is 0 Å². The van der Waals surface area contributed by atoms with E-state index in [0.29, 0.717) is 5.56 Å². The zero-order chi connectivity index (χ0) is 18.0. The van der Waals surface area contributed by atoms with Gasteiger partial charge >= 0.3 is 0 Å². The van der Waals surface area contributed by atoms with Crippen LogP contribution in [0.5, 0.6) is 0 Å². The molecule has 3 N–H and O–H groups in total. The minimum Gasteiger partial charge on any atom is -0.366 e. The predicted octanol–water partition coefficient (Wildman–Crippen LogP) is 3.91. The summed E-state index contributed by atoms with van der Waals surface area (Å²) in [4.78, 5) is 20.2. The van der Waals surface area contributed by atoms with Crippen LogP contribution in [0.25, 0.3) is 11.1 Å². The van der Waals surface area contributed by atoms with Crippen LogP contribution in [0.2, 0.25) is 0 Å². The highest BCUT2D eigenvalue weighted by Gasteiger charge is 2.11. The van der Waals surface area contributed by atoms with E-state index in [1.807, 2.05) is 57.3 Å². The highest BCUT2D eigenvalue weighted by molar-refractivity contribution is 5.95. The number of aryl methyl sites for hydroxylation is 1. The van der Waals surface area contributed by atoms with E-state index in [0.717, 1.165) is 39.5 Å². The maximum atomic E-state index is 11.5. The molecule has 0 saturated carbocycles. The molecular formula is C20H20N4O. The third kappa shape index (κ3) is 3.35. The Morgan fingerprint density at radius 3 is 2.44 bits per heavy atom. The van der Waals surface area contributed by atoms with E-state index in [1.165, 1.54) is 0 Å². The van der Waals surface area contributed by atoms with Crippen LogP contribution in [-0.4, -0.2) is 15.9 Å². The lowest BCUT2D eigenvalue weighted by Crippen LogP contribution is -2.13. The predicted molar refractivity (Wildman–Crippen MR) is 99.9 cm³/mol. The van der Waals surface area contributed by atoms with Crippen LogP contribution < -0.4 is 11.1 Å². The standard InChI is InChI=1S/C20H20N4O/c1-12-13(2)17(20(21)25)8-7-16(12)15-6-9-19(23-11-15)24-18-5-4-10-22-14(18)3/h4-11H,1-3H3,(H2,21,25)(H,23,24). The number of nitrogens with two attached hydrogens (primary N) is 1. The first kappa shape index (κ1) is 16.6. The fourth-order valence-corrected chi connectivity index (χ4v) is 2.78. The number of primary amides is 1. The van der Waals surface area contributed by atoms with Crippen LogP contribution in [0, 0.1) is 20.8 Å². The third-order valence-corrected chi connectivity index (χ3v) is 4.40. The van der Waals surface area contributed by atoms with E-state index < -0.39 is 5.91 Å². The van der Waals surface area contributed by atoms with Gasteiger partial charge in [-0.3, -0.25) is 9.78 Å². The van der Waals surface area contributed by atoms with Gasteiger partial charge in [0.25, 0.3) is 0 Å². The number of aromatic nitrogens is 2. The summed E-state index contributed by atoms with van der Waals surface area (Å²) in [5.41, 5.74) is 11.8. The van der Waals surface area contributed by atoms with E-state index in [9.17, 15) is 4.79 Å². The monoisotopic (exact) mass is 332 g/mol. The Morgan fingerprint density at radius 2 is 1.80 bits per heavy atom. The van der Waals surface area contributed by atoms with Crippen molar-refractivity contribution in [2.24, 2.45) is 5.73 Å². The van der Waals surface area contributed by atoms with Gasteiger partial charge in [0.2, 0.25) is 5.91 Å². The van der Waals surface area contributed by atoms with Crippen molar-refractivity contribution in [3.8, 4) is 11.1 Å². The van der Waals surface area contributed by atoms with Crippen molar-refractivity contribution in [2.45, 2.75) is 20.8 Å². The number of hydrogen-bond donors (Lipinski definition) is 2. The Morgan fingerprint density at radius 1 is 1.00 bits per heavy atom. The molecule has 5 nitrogen and oxygen atoms in total. The molecule has 0 fully saturated rings. The normalized spacial score (nSPS) is 10.5. The van der Waals surface area contributed by atoms with Gasteiger partial charge in [-0.15, -0.1) is 0 Å². The van der Waals surface area contributed by atoms with E-state index >= 15 is 0 Å².